The molecule has 4 nitrogen and oxygen atoms in total. The molecular weight excluding hydrogens is 324 g/mol. The zero-order chi connectivity index (χ0) is 17.3. The van der Waals surface area contributed by atoms with E-state index in [2.05, 4.69) is 9.55 Å². The minimum atomic E-state index is -0.283. The minimum absolute atomic E-state index is 0.283. The summed E-state index contributed by atoms with van der Waals surface area (Å²) in [7, 11) is 0. The van der Waals surface area contributed by atoms with Crippen molar-refractivity contribution < 1.29 is 4.42 Å². The number of fused-ring (bicyclic) bond motifs is 1. The van der Waals surface area contributed by atoms with Gasteiger partial charge in [-0.3, -0.25) is 0 Å². The molecule has 5 heteroatoms. The molecule has 0 saturated heterocycles. The van der Waals surface area contributed by atoms with Gasteiger partial charge in [0.15, 0.2) is 5.65 Å². The van der Waals surface area contributed by atoms with Crippen molar-refractivity contribution in [2.75, 3.05) is 0 Å². The maximum Gasteiger partial charge on any atom is 0.348 e. The van der Waals surface area contributed by atoms with E-state index in [9.17, 15) is 4.79 Å². The van der Waals surface area contributed by atoms with Crippen LogP contribution in [0, 0.1) is 13.8 Å². The van der Waals surface area contributed by atoms with E-state index in [0.29, 0.717) is 17.7 Å². The summed E-state index contributed by atoms with van der Waals surface area (Å²) in [5.41, 5.74) is 3.67. The van der Waals surface area contributed by atoms with Crippen LogP contribution in [0.5, 0.6) is 0 Å². The Bertz CT molecular complexity index is 923. The predicted octanol–water partition coefficient (Wildman–Crippen LogP) is 4.45. The molecule has 0 aliphatic carbocycles. The van der Waals surface area contributed by atoms with Crippen molar-refractivity contribution in [1.82, 2.24) is 9.55 Å². The van der Waals surface area contributed by atoms with Crippen molar-refractivity contribution >= 4 is 22.6 Å². The maximum absolute atomic E-state index is 12.3. The lowest BCUT2D eigenvalue weighted by molar-refractivity contribution is 0.440. The Kier molecular flexibility index (Phi) is 4.76. The van der Waals surface area contributed by atoms with E-state index in [1.54, 1.807) is 0 Å². The third-order valence-corrected chi connectivity index (χ3v) is 4.70. The zero-order valence-corrected chi connectivity index (χ0v) is 15.0. The average molecular weight is 345 g/mol. The summed E-state index contributed by atoms with van der Waals surface area (Å²) in [6.45, 7) is 6.79. The SMILES string of the molecule is CCCc1nc2c(c(C)c(C)n2CCc2ccc(Cl)cc2)c(=O)o1. The molecule has 0 saturated carbocycles. The van der Waals surface area contributed by atoms with Crippen LogP contribution in [0.4, 0.5) is 0 Å². The highest BCUT2D eigenvalue weighted by molar-refractivity contribution is 6.30. The molecule has 0 amide bonds. The van der Waals surface area contributed by atoms with E-state index >= 15 is 0 Å². The molecule has 0 unspecified atom stereocenters. The predicted molar refractivity (Wildman–Crippen MR) is 96.9 cm³/mol. The van der Waals surface area contributed by atoms with Crippen LogP contribution in [0.15, 0.2) is 33.5 Å². The second-order valence-corrected chi connectivity index (χ2v) is 6.52. The average Bonchev–Trinajstić information content (AvgIpc) is 2.79. The number of nitrogens with zero attached hydrogens (tertiary/aromatic N) is 2. The molecule has 0 fully saturated rings. The second-order valence-electron chi connectivity index (χ2n) is 6.08. The topological polar surface area (TPSA) is 48.0 Å². The van der Waals surface area contributed by atoms with Crippen LogP contribution < -0.4 is 5.63 Å². The number of hydrogen-bond acceptors (Lipinski definition) is 3. The highest BCUT2D eigenvalue weighted by Crippen LogP contribution is 2.22. The van der Waals surface area contributed by atoms with Crippen LogP contribution in [0.2, 0.25) is 5.02 Å². The number of hydrogen-bond donors (Lipinski definition) is 0. The fourth-order valence-electron chi connectivity index (χ4n) is 2.99. The lowest BCUT2D eigenvalue weighted by atomic mass is 10.1. The summed E-state index contributed by atoms with van der Waals surface area (Å²) in [5.74, 6) is 0.514. The van der Waals surface area contributed by atoms with E-state index in [4.69, 9.17) is 16.0 Å². The van der Waals surface area contributed by atoms with E-state index in [1.807, 2.05) is 45.0 Å². The van der Waals surface area contributed by atoms with Gasteiger partial charge in [-0.1, -0.05) is 30.7 Å². The Morgan fingerprint density at radius 3 is 2.54 bits per heavy atom. The van der Waals surface area contributed by atoms with Gasteiger partial charge in [0.25, 0.3) is 0 Å². The number of halogens is 1. The standard InChI is InChI=1S/C19H21ClN2O2/c1-4-5-16-21-18-17(19(23)24-16)12(2)13(3)22(18)11-10-14-6-8-15(20)9-7-14/h6-9H,4-5,10-11H2,1-3H3. The number of rotatable bonds is 5. The van der Waals surface area contributed by atoms with Gasteiger partial charge in [0, 0.05) is 23.7 Å². The van der Waals surface area contributed by atoms with Gasteiger partial charge in [-0.25, -0.2) is 4.79 Å². The monoisotopic (exact) mass is 344 g/mol. The Labute approximate surface area is 146 Å². The third-order valence-electron chi connectivity index (χ3n) is 4.45. The van der Waals surface area contributed by atoms with Gasteiger partial charge in [0.05, 0.1) is 0 Å². The minimum Gasteiger partial charge on any atom is -0.408 e. The van der Waals surface area contributed by atoms with Crippen LogP contribution in [0.25, 0.3) is 11.0 Å². The molecule has 0 aliphatic heterocycles. The van der Waals surface area contributed by atoms with Crippen molar-refractivity contribution in [3.8, 4) is 0 Å². The molecule has 24 heavy (non-hydrogen) atoms. The van der Waals surface area contributed by atoms with Crippen LogP contribution in [-0.4, -0.2) is 9.55 Å². The van der Waals surface area contributed by atoms with Crippen LogP contribution in [0.3, 0.4) is 0 Å². The molecule has 0 bridgehead atoms. The lowest BCUT2D eigenvalue weighted by Crippen LogP contribution is -2.08. The smallest absolute Gasteiger partial charge is 0.348 e. The molecule has 1 aromatic carbocycles. The second kappa shape index (κ2) is 6.81. The summed E-state index contributed by atoms with van der Waals surface area (Å²) in [6.07, 6.45) is 2.42. The Hall–Kier alpha value is -2.07. The molecule has 3 rings (SSSR count). The molecule has 126 valence electrons. The Morgan fingerprint density at radius 2 is 1.88 bits per heavy atom. The number of aromatic nitrogens is 2. The molecule has 3 aromatic rings. The fraction of sp³-hybridized carbons (Fsp3) is 0.368. The zero-order valence-electron chi connectivity index (χ0n) is 14.2. The van der Waals surface area contributed by atoms with Gasteiger partial charge in [0.2, 0.25) is 5.89 Å². The van der Waals surface area contributed by atoms with E-state index < -0.39 is 0 Å². The number of benzene rings is 1. The van der Waals surface area contributed by atoms with Gasteiger partial charge in [-0.2, -0.15) is 4.98 Å². The first-order chi connectivity index (χ1) is 11.5. The van der Waals surface area contributed by atoms with Crippen molar-refractivity contribution in [1.29, 1.82) is 0 Å². The summed E-state index contributed by atoms with van der Waals surface area (Å²) in [4.78, 5) is 16.9. The summed E-state index contributed by atoms with van der Waals surface area (Å²) in [6, 6.07) is 7.85. The Morgan fingerprint density at radius 1 is 1.17 bits per heavy atom. The van der Waals surface area contributed by atoms with Crippen molar-refractivity contribution in [3.63, 3.8) is 0 Å². The first-order valence-electron chi connectivity index (χ1n) is 8.25. The van der Waals surface area contributed by atoms with Crippen LogP contribution >= 0.6 is 11.6 Å². The third kappa shape index (κ3) is 3.11. The van der Waals surface area contributed by atoms with Crippen molar-refractivity contribution in [2.24, 2.45) is 0 Å². The molecule has 0 radical (unpaired) electrons. The Balaban J connectivity index is 2.01. The summed E-state index contributed by atoms with van der Waals surface area (Å²) in [5, 5.41) is 1.34. The molecule has 0 spiro atoms. The van der Waals surface area contributed by atoms with Gasteiger partial charge >= 0.3 is 5.63 Å². The van der Waals surface area contributed by atoms with Crippen LogP contribution in [-0.2, 0) is 19.4 Å². The lowest BCUT2D eigenvalue weighted by Gasteiger charge is -2.08. The van der Waals surface area contributed by atoms with E-state index in [1.165, 1.54) is 5.56 Å². The largest absolute Gasteiger partial charge is 0.408 e. The molecule has 0 aliphatic rings. The van der Waals surface area contributed by atoms with Gasteiger partial charge in [-0.05, 0) is 49.9 Å². The summed E-state index contributed by atoms with van der Waals surface area (Å²) < 4.78 is 7.48. The molecule has 2 heterocycles. The first-order valence-corrected chi connectivity index (χ1v) is 8.63. The summed E-state index contributed by atoms with van der Waals surface area (Å²) >= 11 is 5.94. The highest BCUT2D eigenvalue weighted by Gasteiger charge is 2.17. The van der Waals surface area contributed by atoms with Crippen LogP contribution in [0.1, 0.15) is 36.1 Å². The van der Waals surface area contributed by atoms with Crippen molar-refractivity contribution in [2.45, 2.75) is 46.6 Å². The van der Waals surface area contributed by atoms with Gasteiger partial charge < -0.3 is 8.98 Å². The maximum atomic E-state index is 12.3. The van der Waals surface area contributed by atoms with E-state index in [0.717, 1.165) is 41.3 Å². The van der Waals surface area contributed by atoms with Crippen molar-refractivity contribution in [3.05, 3.63) is 62.4 Å². The normalized spacial score (nSPS) is 11.3. The van der Waals surface area contributed by atoms with Gasteiger partial charge in [-0.15, -0.1) is 0 Å². The molecular formula is C19H21ClN2O2. The highest BCUT2D eigenvalue weighted by atomic mass is 35.5. The molecule has 2 aromatic heterocycles. The van der Waals surface area contributed by atoms with Gasteiger partial charge in [0.1, 0.15) is 5.39 Å². The fourth-order valence-corrected chi connectivity index (χ4v) is 3.12. The van der Waals surface area contributed by atoms with E-state index in [-0.39, 0.29) is 5.63 Å². The first kappa shape index (κ1) is 16.8. The number of aryl methyl sites for hydroxylation is 4. The molecule has 0 atom stereocenters. The molecule has 0 N–H and O–H groups in total. The quantitative estimate of drug-likeness (QED) is 0.686.